The molecule has 1 heterocycles. The molecule has 8 heteroatoms. The van der Waals surface area contributed by atoms with E-state index in [1.54, 1.807) is 4.90 Å². The standard InChI is InChI=1S/C28H38N2O6/c1-5-11-25-13-10-8-9-12-20(4)14-23(29-35-19-26(33)30(6-2)7-3)15-21-16-24(32)17-22(18-31)27(21)28(34)36-25/h8,10,14,16-18,25,32H,5-7,9,11-13,15,19H2,1-4H3/b10-8+,20-14+,29-23-. The molecule has 0 aliphatic carbocycles. The van der Waals surface area contributed by atoms with Crippen LogP contribution in [0.3, 0.4) is 0 Å². The summed E-state index contributed by atoms with van der Waals surface area (Å²) in [4.78, 5) is 44.4. The zero-order valence-electron chi connectivity index (χ0n) is 21.8. The van der Waals surface area contributed by atoms with E-state index >= 15 is 0 Å². The molecule has 0 saturated heterocycles. The van der Waals surface area contributed by atoms with Crippen molar-refractivity contribution in [3.05, 3.63) is 52.6 Å². The number of phenols is 1. The van der Waals surface area contributed by atoms with E-state index in [9.17, 15) is 19.5 Å². The van der Waals surface area contributed by atoms with Crippen LogP contribution >= 0.6 is 0 Å². The van der Waals surface area contributed by atoms with Crippen molar-refractivity contribution in [3.63, 3.8) is 0 Å². The highest BCUT2D eigenvalue weighted by atomic mass is 16.6. The predicted octanol–water partition coefficient (Wildman–Crippen LogP) is 5.00. The lowest BCUT2D eigenvalue weighted by Gasteiger charge is -2.19. The molecule has 196 valence electrons. The van der Waals surface area contributed by atoms with Crippen LogP contribution in [0.4, 0.5) is 0 Å². The summed E-state index contributed by atoms with van der Waals surface area (Å²) in [7, 11) is 0. The Hall–Kier alpha value is -3.42. The third-order valence-electron chi connectivity index (χ3n) is 5.99. The van der Waals surface area contributed by atoms with Crippen molar-refractivity contribution < 1.29 is 29.1 Å². The number of allylic oxidation sites excluding steroid dienone is 3. The molecule has 1 aliphatic heterocycles. The Morgan fingerprint density at radius 3 is 2.67 bits per heavy atom. The van der Waals surface area contributed by atoms with Crippen LogP contribution in [-0.4, -0.2) is 59.7 Å². The Balaban J connectivity index is 2.49. The van der Waals surface area contributed by atoms with Crippen LogP contribution in [0.2, 0.25) is 0 Å². The number of amides is 1. The first-order valence-corrected chi connectivity index (χ1v) is 12.6. The average molecular weight is 499 g/mol. The summed E-state index contributed by atoms with van der Waals surface area (Å²) in [5.41, 5.74) is 2.04. The maximum atomic E-state index is 13.2. The summed E-state index contributed by atoms with van der Waals surface area (Å²) in [5, 5.41) is 14.4. The van der Waals surface area contributed by atoms with Gasteiger partial charge in [-0.2, -0.15) is 0 Å². The number of rotatable bonds is 8. The molecule has 8 nitrogen and oxygen atoms in total. The number of aldehydes is 1. The molecular weight excluding hydrogens is 460 g/mol. The molecule has 1 aromatic carbocycles. The van der Waals surface area contributed by atoms with Gasteiger partial charge in [-0.1, -0.05) is 36.2 Å². The number of fused-ring (bicyclic) bond motifs is 1. The van der Waals surface area contributed by atoms with E-state index in [1.807, 2.05) is 39.8 Å². The summed E-state index contributed by atoms with van der Waals surface area (Å²) in [5.74, 6) is -0.938. The maximum Gasteiger partial charge on any atom is 0.339 e. The quantitative estimate of drug-likeness (QED) is 0.234. The number of aromatic hydroxyl groups is 1. The number of phenolic OH excluding ortho intramolecular Hbond substituents is 1. The molecule has 2 rings (SSSR count). The summed E-state index contributed by atoms with van der Waals surface area (Å²) in [6.07, 6.45) is 9.99. The van der Waals surface area contributed by atoms with Crippen LogP contribution in [0, 0.1) is 0 Å². The molecule has 0 bridgehead atoms. The molecular formula is C28H38N2O6. The molecule has 1 unspecified atom stereocenters. The van der Waals surface area contributed by atoms with Gasteiger partial charge in [0.1, 0.15) is 11.9 Å². The maximum absolute atomic E-state index is 13.2. The Bertz CT molecular complexity index is 1010. The van der Waals surface area contributed by atoms with E-state index in [2.05, 4.69) is 11.2 Å². The van der Waals surface area contributed by atoms with Crippen molar-refractivity contribution in [1.82, 2.24) is 4.90 Å². The van der Waals surface area contributed by atoms with E-state index in [4.69, 9.17) is 9.57 Å². The largest absolute Gasteiger partial charge is 0.508 e. The van der Waals surface area contributed by atoms with Gasteiger partial charge in [0.25, 0.3) is 5.91 Å². The Morgan fingerprint density at radius 2 is 2.00 bits per heavy atom. The molecule has 36 heavy (non-hydrogen) atoms. The predicted molar refractivity (Wildman–Crippen MR) is 139 cm³/mol. The first kappa shape index (κ1) is 28.8. The van der Waals surface area contributed by atoms with Crippen LogP contribution < -0.4 is 0 Å². The minimum Gasteiger partial charge on any atom is -0.508 e. The number of hydrogen-bond acceptors (Lipinski definition) is 7. The zero-order chi connectivity index (χ0) is 26.5. The fourth-order valence-electron chi connectivity index (χ4n) is 4.12. The molecule has 0 fully saturated rings. The van der Waals surface area contributed by atoms with E-state index in [-0.39, 0.29) is 41.9 Å². The third kappa shape index (κ3) is 8.66. The van der Waals surface area contributed by atoms with Crippen molar-refractivity contribution in [2.45, 2.75) is 72.3 Å². The third-order valence-corrected chi connectivity index (χ3v) is 5.99. The van der Waals surface area contributed by atoms with Crippen LogP contribution in [0.5, 0.6) is 5.75 Å². The number of carbonyl (C=O) groups is 3. The number of carbonyl (C=O) groups excluding carboxylic acids is 3. The van der Waals surface area contributed by atoms with Gasteiger partial charge in [-0.15, -0.1) is 0 Å². The van der Waals surface area contributed by atoms with Crippen LogP contribution in [0.1, 0.15) is 86.1 Å². The Morgan fingerprint density at radius 1 is 1.25 bits per heavy atom. The van der Waals surface area contributed by atoms with Crippen molar-refractivity contribution >= 4 is 23.9 Å². The van der Waals surface area contributed by atoms with Gasteiger partial charge in [0.15, 0.2) is 12.9 Å². The summed E-state index contributed by atoms with van der Waals surface area (Å²) in [6, 6.07) is 2.69. The molecule has 0 aromatic heterocycles. The van der Waals surface area contributed by atoms with Gasteiger partial charge >= 0.3 is 5.97 Å². The minimum atomic E-state index is -0.617. The van der Waals surface area contributed by atoms with Crippen molar-refractivity contribution in [3.8, 4) is 5.75 Å². The van der Waals surface area contributed by atoms with Crippen LogP contribution in [-0.2, 0) is 20.8 Å². The molecule has 1 aromatic rings. The van der Waals surface area contributed by atoms with Gasteiger partial charge < -0.3 is 19.6 Å². The Labute approximate surface area is 213 Å². The van der Waals surface area contributed by atoms with E-state index < -0.39 is 5.97 Å². The first-order valence-electron chi connectivity index (χ1n) is 12.6. The SMILES string of the molecule is CCCC1C/C=C/CC/C(C)=C/C(=N/OCC(=O)N(CC)CC)Cc2cc(O)cc(C=O)c2C(=O)O1. The first-order chi connectivity index (χ1) is 17.3. The number of cyclic esters (lactones) is 1. The summed E-state index contributed by atoms with van der Waals surface area (Å²) in [6.45, 7) is 8.72. The molecule has 0 radical (unpaired) electrons. The highest BCUT2D eigenvalue weighted by molar-refractivity contribution is 6.03. The molecule has 1 N–H and O–H groups in total. The van der Waals surface area contributed by atoms with Crippen molar-refractivity contribution in [2.24, 2.45) is 5.16 Å². The number of benzene rings is 1. The van der Waals surface area contributed by atoms with E-state index in [0.29, 0.717) is 43.5 Å². The van der Waals surface area contributed by atoms with Gasteiger partial charge in [-0.05, 0) is 63.8 Å². The lowest BCUT2D eigenvalue weighted by molar-refractivity contribution is -0.135. The second kappa shape index (κ2) is 14.9. The molecule has 0 saturated carbocycles. The second-order valence-electron chi connectivity index (χ2n) is 8.84. The number of esters is 1. The second-order valence-corrected chi connectivity index (χ2v) is 8.84. The zero-order valence-corrected chi connectivity index (χ0v) is 21.8. The minimum absolute atomic E-state index is 0.0468. The monoisotopic (exact) mass is 498 g/mol. The number of nitrogens with zero attached hydrogens (tertiary/aromatic N) is 2. The highest BCUT2D eigenvalue weighted by Crippen LogP contribution is 2.25. The van der Waals surface area contributed by atoms with Crippen LogP contribution in [0.15, 0.2) is 41.1 Å². The van der Waals surface area contributed by atoms with Gasteiger partial charge in [0.05, 0.1) is 11.3 Å². The topological polar surface area (TPSA) is 105 Å². The fraction of sp³-hybridized carbons (Fsp3) is 0.500. The Kier molecular flexibility index (Phi) is 11.9. The number of oxime groups is 1. The summed E-state index contributed by atoms with van der Waals surface area (Å²) < 4.78 is 5.80. The fourth-order valence-corrected chi connectivity index (χ4v) is 4.12. The van der Waals surface area contributed by atoms with Gasteiger partial charge in [0, 0.05) is 31.5 Å². The highest BCUT2D eigenvalue weighted by Gasteiger charge is 2.23. The van der Waals surface area contributed by atoms with E-state index in [0.717, 1.165) is 24.8 Å². The van der Waals surface area contributed by atoms with Crippen molar-refractivity contribution in [2.75, 3.05) is 19.7 Å². The normalized spacial score (nSPS) is 20.3. The van der Waals surface area contributed by atoms with Gasteiger partial charge in [-0.25, -0.2) is 4.79 Å². The van der Waals surface area contributed by atoms with E-state index in [1.165, 1.54) is 12.1 Å². The molecule has 1 amide bonds. The number of hydrogen-bond donors (Lipinski definition) is 1. The molecule has 1 aliphatic rings. The lowest BCUT2D eigenvalue weighted by Crippen LogP contribution is -2.33. The van der Waals surface area contributed by atoms with Crippen LogP contribution in [0.25, 0.3) is 0 Å². The smallest absolute Gasteiger partial charge is 0.339 e. The van der Waals surface area contributed by atoms with Gasteiger partial charge in [0.2, 0.25) is 0 Å². The molecule has 1 atom stereocenters. The summed E-state index contributed by atoms with van der Waals surface area (Å²) >= 11 is 0. The molecule has 0 spiro atoms. The van der Waals surface area contributed by atoms with Crippen molar-refractivity contribution in [1.29, 1.82) is 0 Å². The number of likely N-dealkylation sites (N-methyl/N-ethyl adjacent to an activating group) is 1. The lowest BCUT2D eigenvalue weighted by atomic mass is 9.95. The average Bonchev–Trinajstić information content (AvgIpc) is 2.83. The number of ether oxygens (including phenoxy) is 1. The van der Waals surface area contributed by atoms with Gasteiger partial charge in [-0.3, -0.25) is 9.59 Å².